The molecule has 0 spiro atoms. The first kappa shape index (κ1) is 29.0. The molecule has 0 unspecified atom stereocenters. The normalized spacial score (nSPS) is 32.3. The Balaban J connectivity index is 1.67. The molecular weight excluding hydrogens is 552 g/mol. The SMILES string of the molecule is O=c1cc(-c2ccc(O)c(O)c2)oc2c([C@@H]3O[C@H](CO)[C@@H](O)[C@H](O)[C@H]3O[C@H]3OC[C@@H](O)[C@@H](O)[C@H]3O)c(O)cc(O)c12. The van der Waals surface area contributed by atoms with Gasteiger partial charge in [-0.3, -0.25) is 4.79 Å². The lowest BCUT2D eigenvalue weighted by Crippen LogP contribution is -2.60. The highest BCUT2D eigenvalue weighted by Gasteiger charge is 2.50. The fourth-order valence-corrected chi connectivity index (χ4v) is 4.94. The summed E-state index contributed by atoms with van der Waals surface area (Å²) in [6.07, 6.45) is -15.1. The fraction of sp³-hybridized carbons (Fsp3) is 0.423. The lowest BCUT2D eigenvalue weighted by Gasteiger charge is -2.45. The second-order valence-corrected chi connectivity index (χ2v) is 9.82. The minimum Gasteiger partial charge on any atom is -0.507 e. The van der Waals surface area contributed by atoms with Crippen molar-refractivity contribution in [2.75, 3.05) is 13.2 Å². The maximum atomic E-state index is 13.1. The van der Waals surface area contributed by atoms with E-state index < -0.39 is 108 Å². The molecule has 0 bridgehead atoms. The molecule has 3 heterocycles. The van der Waals surface area contributed by atoms with Crippen molar-refractivity contribution in [3.05, 3.63) is 46.1 Å². The van der Waals surface area contributed by atoms with Crippen molar-refractivity contribution in [1.82, 2.24) is 0 Å². The van der Waals surface area contributed by atoms with Crippen molar-refractivity contribution >= 4 is 11.0 Å². The van der Waals surface area contributed by atoms with Gasteiger partial charge >= 0.3 is 0 Å². The first-order chi connectivity index (χ1) is 19.4. The molecule has 2 aliphatic heterocycles. The van der Waals surface area contributed by atoms with E-state index in [1.807, 2.05) is 0 Å². The summed E-state index contributed by atoms with van der Waals surface area (Å²) in [4.78, 5) is 13.1. The number of hydrogen-bond donors (Lipinski definition) is 10. The summed E-state index contributed by atoms with van der Waals surface area (Å²) in [7, 11) is 0. The van der Waals surface area contributed by atoms with Crippen molar-refractivity contribution in [3.8, 4) is 34.3 Å². The van der Waals surface area contributed by atoms with Crippen LogP contribution in [0.25, 0.3) is 22.3 Å². The molecule has 0 radical (unpaired) electrons. The first-order valence-corrected chi connectivity index (χ1v) is 12.4. The van der Waals surface area contributed by atoms with Crippen LogP contribution in [0, 0.1) is 0 Å². The Hall–Kier alpha value is -3.51. The van der Waals surface area contributed by atoms with E-state index in [-0.39, 0.29) is 16.9 Å². The quantitative estimate of drug-likeness (QED) is 0.150. The zero-order chi connectivity index (χ0) is 29.7. The zero-order valence-electron chi connectivity index (χ0n) is 21.0. The van der Waals surface area contributed by atoms with Gasteiger partial charge in [-0.2, -0.15) is 0 Å². The fourth-order valence-electron chi connectivity index (χ4n) is 4.94. The van der Waals surface area contributed by atoms with Gasteiger partial charge < -0.3 is 69.7 Å². The molecule has 10 N–H and O–H groups in total. The van der Waals surface area contributed by atoms with Crippen molar-refractivity contribution in [2.24, 2.45) is 0 Å². The Labute approximate surface area is 229 Å². The molecule has 0 amide bonds. The monoisotopic (exact) mass is 580 g/mol. The number of benzene rings is 2. The highest BCUT2D eigenvalue weighted by Crippen LogP contribution is 2.45. The molecule has 9 atom stereocenters. The van der Waals surface area contributed by atoms with Crippen LogP contribution in [-0.2, 0) is 14.2 Å². The van der Waals surface area contributed by atoms with Gasteiger partial charge in [-0.05, 0) is 18.2 Å². The molecule has 0 aliphatic carbocycles. The predicted molar refractivity (Wildman–Crippen MR) is 134 cm³/mol. The average Bonchev–Trinajstić information content (AvgIpc) is 2.93. The lowest BCUT2D eigenvalue weighted by molar-refractivity contribution is -0.325. The van der Waals surface area contributed by atoms with Crippen LogP contribution in [-0.4, -0.2) is 113 Å². The van der Waals surface area contributed by atoms with E-state index in [0.29, 0.717) is 0 Å². The molecule has 2 aliphatic rings. The number of hydrogen-bond acceptors (Lipinski definition) is 15. The molecule has 15 heteroatoms. The zero-order valence-corrected chi connectivity index (χ0v) is 21.0. The maximum absolute atomic E-state index is 13.1. The van der Waals surface area contributed by atoms with Gasteiger partial charge in [0.25, 0.3) is 0 Å². The number of aliphatic hydroxyl groups is 6. The van der Waals surface area contributed by atoms with Gasteiger partial charge in [0.1, 0.15) is 71.5 Å². The molecule has 0 saturated carbocycles. The topological polar surface area (TPSA) is 260 Å². The van der Waals surface area contributed by atoms with Crippen LogP contribution < -0.4 is 5.43 Å². The molecule has 2 fully saturated rings. The largest absolute Gasteiger partial charge is 0.507 e. The molecule has 2 saturated heterocycles. The number of aliphatic hydroxyl groups excluding tert-OH is 6. The summed E-state index contributed by atoms with van der Waals surface area (Å²) in [5, 5.41) is 102. The Kier molecular flexibility index (Phi) is 7.82. The van der Waals surface area contributed by atoms with Crippen LogP contribution in [0.15, 0.2) is 39.5 Å². The second kappa shape index (κ2) is 11.1. The van der Waals surface area contributed by atoms with E-state index in [2.05, 4.69) is 0 Å². The molecule has 222 valence electrons. The third kappa shape index (κ3) is 5.07. The van der Waals surface area contributed by atoms with E-state index in [4.69, 9.17) is 18.6 Å². The van der Waals surface area contributed by atoms with Gasteiger partial charge in [0.2, 0.25) is 0 Å². The highest BCUT2D eigenvalue weighted by molar-refractivity contribution is 5.89. The summed E-state index contributed by atoms with van der Waals surface area (Å²) in [5.74, 6) is -2.57. The minimum atomic E-state index is -1.88. The van der Waals surface area contributed by atoms with Gasteiger partial charge in [-0.25, -0.2) is 0 Å². The Morgan fingerprint density at radius 3 is 2.24 bits per heavy atom. The van der Waals surface area contributed by atoms with E-state index >= 15 is 0 Å². The molecule has 3 aromatic rings. The van der Waals surface area contributed by atoms with E-state index in [1.54, 1.807) is 0 Å². The first-order valence-electron chi connectivity index (χ1n) is 12.4. The smallest absolute Gasteiger partial charge is 0.197 e. The van der Waals surface area contributed by atoms with Crippen LogP contribution in [0.2, 0.25) is 0 Å². The summed E-state index contributed by atoms with van der Waals surface area (Å²) in [5.41, 5.74) is -1.53. The van der Waals surface area contributed by atoms with Crippen LogP contribution in [0.5, 0.6) is 23.0 Å². The highest BCUT2D eigenvalue weighted by atomic mass is 16.7. The number of aromatic hydroxyl groups is 4. The van der Waals surface area contributed by atoms with Crippen molar-refractivity contribution in [2.45, 2.75) is 55.1 Å². The number of phenolic OH excluding ortho intramolecular Hbond substituents is 4. The molecule has 15 nitrogen and oxygen atoms in total. The number of ether oxygens (including phenoxy) is 3. The third-order valence-electron chi connectivity index (χ3n) is 7.15. The van der Waals surface area contributed by atoms with Crippen molar-refractivity contribution in [1.29, 1.82) is 0 Å². The van der Waals surface area contributed by atoms with Crippen LogP contribution >= 0.6 is 0 Å². The number of rotatable bonds is 5. The molecule has 2 aromatic carbocycles. The second-order valence-electron chi connectivity index (χ2n) is 9.82. The van der Waals surface area contributed by atoms with Gasteiger partial charge in [-0.1, -0.05) is 0 Å². The van der Waals surface area contributed by atoms with Crippen LogP contribution in [0.4, 0.5) is 0 Å². The average molecular weight is 580 g/mol. The van der Waals surface area contributed by atoms with E-state index in [1.165, 1.54) is 6.07 Å². The minimum absolute atomic E-state index is 0.111. The standard InChI is InChI=1S/C26H28O15/c27-6-16-20(35)21(36)25(41-26-22(37)19(34)14(33)7-38-26)24(40-16)18-12(31)4-11(30)17-13(32)5-15(39-23(17)18)8-1-2-9(28)10(29)3-8/h1-5,14,16,19-22,24-31,33-37H,6-7H2/t14-,16-,19-,20-,21+,22-,24+,25-,26-/m1/s1. The van der Waals surface area contributed by atoms with Crippen molar-refractivity contribution in [3.63, 3.8) is 0 Å². The summed E-state index contributed by atoms with van der Waals surface area (Å²) >= 11 is 0. The Bertz CT molecular complexity index is 1490. The van der Waals surface area contributed by atoms with Crippen LogP contribution in [0.3, 0.4) is 0 Å². The van der Waals surface area contributed by atoms with E-state index in [0.717, 1.165) is 24.3 Å². The van der Waals surface area contributed by atoms with Gasteiger partial charge in [0.05, 0.1) is 18.8 Å². The summed E-state index contributed by atoms with van der Waals surface area (Å²) < 4.78 is 22.6. The van der Waals surface area contributed by atoms with Crippen molar-refractivity contribution < 1.29 is 69.7 Å². The lowest BCUT2D eigenvalue weighted by atomic mass is 9.89. The van der Waals surface area contributed by atoms with Gasteiger partial charge in [0.15, 0.2) is 28.8 Å². The van der Waals surface area contributed by atoms with Crippen LogP contribution in [0.1, 0.15) is 11.7 Å². The third-order valence-corrected chi connectivity index (χ3v) is 7.15. The molecular formula is C26H28O15. The van der Waals surface area contributed by atoms with Gasteiger partial charge in [0, 0.05) is 17.7 Å². The summed E-state index contributed by atoms with van der Waals surface area (Å²) in [6, 6.07) is 5.33. The molecule has 1 aromatic heterocycles. The summed E-state index contributed by atoms with van der Waals surface area (Å²) in [6.45, 7) is -1.28. The predicted octanol–water partition coefficient (Wildman–Crippen LogP) is -1.74. The van der Waals surface area contributed by atoms with E-state index in [9.17, 15) is 55.9 Å². The maximum Gasteiger partial charge on any atom is 0.197 e. The molecule has 5 rings (SSSR count). The number of fused-ring (bicyclic) bond motifs is 1. The Morgan fingerprint density at radius 1 is 0.829 bits per heavy atom. The Morgan fingerprint density at radius 2 is 1.56 bits per heavy atom. The van der Waals surface area contributed by atoms with Gasteiger partial charge in [-0.15, -0.1) is 0 Å². The molecule has 41 heavy (non-hydrogen) atoms. The number of phenols is 4.